The van der Waals surface area contributed by atoms with Crippen molar-refractivity contribution in [3.63, 3.8) is 0 Å². The average molecular weight is 331 g/mol. The first kappa shape index (κ1) is 15.9. The van der Waals surface area contributed by atoms with Crippen LogP contribution in [-0.4, -0.2) is 40.6 Å². The van der Waals surface area contributed by atoms with E-state index in [-0.39, 0.29) is 17.1 Å². The predicted octanol–water partition coefficient (Wildman–Crippen LogP) is 1.83. The van der Waals surface area contributed by atoms with Crippen LogP contribution < -0.4 is 9.64 Å². The summed E-state index contributed by atoms with van der Waals surface area (Å²) in [7, 11) is 1.31. The molecule has 1 amide bonds. The van der Waals surface area contributed by atoms with Crippen molar-refractivity contribution < 1.29 is 23.8 Å². The van der Waals surface area contributed by atoms with Gasteiger partial charge < -0.3 is 9.84 Å². The van der Waals surface area contributed by atoms with Crippen LogP contribution in [0.25, 0.3) is 11.1 Å². The summed E-state index contributed by atoms with van der Waals surface area (Å²) in [6, 6.07) is 4.61. The van der Waals surface area contributed by atoms with Gasteiger partial charge in [0.05, 0.1) is 30.0 Å². The van der Waals surface area contributed by atoms with Crippen LogP contribution in [0.3, 0.4) is 0 Å². The smallest absolute Gasteiger partial charge is 0.323 e. The fourth-order valence-electron chi connectivity index (χ4n) is 2.79. The molecule has 0 saturated carbocycles. The number of ether oxygens (including phenoxy) is 1. The Bertz CT molecular complexity index is 840. The summed E-state index contributed by atoms with van der Waals surface area (Å²) in [6.07, 6.45) is 1.50. The molecule has 2 aromatic heterocycles. The van der Waals surface area contributed by atoms with Crippen LogP contribution >= 0.6 is 0 Å². The van der Waals surface area contributed by atoms with Crippen molar-refractivity contribution in [3.8, 4) is 17.0 Å². The highest BCUT2D eigenvalue weighted by Gasteiger charge is 2.35. The minimum absolute atomic E-state index is 0.0397. The second kappa shape index (κ2) is 5.88. The van der Waals surface area contributed by atoms with Gasteiger partial charge in [0, 0.05) is 17.8 Å². The number of aliphatic carboxylic acids is 1. The Morgan fingerprint density at radius 2 is 2.25 bits per heavy atom. The van der Waals surface area contributed by atoms with E-state index in [1.807, 2.05) is 0 Å². The van der Waals surface area contributed by atoms with E-state index in [4.69, 9.17) is 9.84 Å². The lowest BCUT2D eigenvalue weighted by Crippen LogP contribution is -2.38. The highest BCUT2D eigenvalue weighted by Crippen LogP contribution is 2.42. The van der Waals surface area contributed by atoms with E-state index in [9.17, 15) is 14.0 Å². The molecule has 1 aliphatic rings. The number of pyridine rings is 2. The van der Waals surface area contributed by atoms with E-state index in [2.05, 4.69) is 9.97 Å². The molecule has 0 bridgehead atoms. The van der Waals surface area contributed by atoms with Gasteiger partial charge in [-0.1, -0.05) is 6.07 Å². The zero-order valence-electron chi connectivity index (χ0n) is 13.0. The average Bonchev–Trinajstić information content (AvgIpc) is 2.64. The summed E-state index contributed by atoms with van der Waals surface area (Å²) in [5.41, 5.74) is 0.930. The minimum Gasteiger partial charge on any atom is -0.481 e. The zero-order valence-corrected chi connectivity index (χ0v) is 13.0. The molecule has 0 spiro atoms. The first-order chi connectivity index (χ1) is 11.4. The first-order valence-corrected chi connectivity index (χ1v) is 7.17. The third-order valence-electron chi connectivity index (χ3n) is 3.88. The van der Waals surface area contributed by atoms with Gasteiger partial charge in [-0.05, 0) is 13.0 Å². The molecule has 3 heterocycles. The largest absolute Gasteiger partial charge is 0.481 e. The summed E-state index contributed by atoms with van der Waals surface area (Å²) in [5, 5.41) is 9.15. The van der Waals surface area contributed by atoms with E-state index in [0.717, 1.165) is 4.90 Å². The van der Waals surface area contributed by atoms with Gasteiger partial charge >= 0.3 is 5.97 Å². The molecular weight excluding hydrogens is 317 g/mol. The Kier molecular flexibility index (Phi) is 3.88. The number of methoxy groups -OCH3 is 1. The Morgan fingerprint density at radius 1 is 1.50 bits per heavy atom. The lowest BCUT2D eigenvalue weighted by atomic mass is 9.98. The molecule has 1 atom stereocenters. The SMILES string of the molecule is COc1cc2c(c(F)n1)-c1cccnc1[C@H](C)C(=O)N2CC(=O)O. The van der Waals surface area contributed by atoms with Crippen molar-refractivity contribution in [1.82, 2.24) is 9.97 Å². The summed E-state index contributed by atoms with van der Waals surface area (Å²) in [4.78, 5) is 32.9. The van der Waals surface area contributed by atoms with Gasteiger partial charge in [0.2, 0.25) is 17.7 Å². The molecule has 0 saturated heterocycles. The maximum Gasteiger partial charge on any atom is 0.323 e. The molecule has 3 rings (SSSR count). The number of carbonyl (C=O) groups is 2. The van der Waals surface area contributed by atoms with Gasteiger partial charge in [-0.2, -0.15) is 9.37 Å². The number of rotatable bonds is 3. The molecule has 0 aromatic carbocycles. The second-order valence-corrected chi connectivity index (χ2v) is 5.33. The molecular formula is C16H14FN3O4. The van der Waals surface area contributed by atoms with Crippen LogP contribution in [0.4, 0.5) is 10.1 Å². The van der Waals surface area contributed by atoms with E-state index < -0.39 is 30.3 Å². The van der Waals surface area contributed by atoms with Crippen molar-refractivity contribution in [2.45, 2.75) is 12.8 Å². The first-order valence-electron chi connectivity index (χ1n) is 7.17. The quantitative estimate of drug-likeness (QED) is 0.863. The number of hydrogen-bond acceptors (Lipinski definition) is 5. The lowest BCUT2D eigenvalue weighted by Gasteiger charge is -2.23. The maximum atomic E-state index is 14.6. The summed E-state index contributed by atoms with van der Waals surface area (Å²) in [6.45, 7) is 1.01. The molecule has 0 aliphatic carbocycles. The number of nitrogens with zero attached hydrogens (tertiary/aromatic N) is 3. The molecule has 0 radical (unpaired) electrons. The lowest BCUT2D eigenvalue weighted by molar-refractivity contribution is -0.136. The summed E-state index contributed by atoms with van der Waals surface area (Å²) < 4.78 is 19.6. The monoisotopic (exact) mass is 331 g/mol. The minimum atomic E-state index is -1.21. The molecule has 124 valence electrons. The maximum absolute atomic E-state index is 14.6. The van der Waals surface area contributed by atoms with Gasteiger partial charge in [0.15, 0.2) is 0 Å². The molecule has 1 N–H and O–H groups in total. The molecule has 0 fully saturated rings. The van der Waals surface area contributed by atoms with E-state index in [1.165, 1.54) is 19.4 Å². The van der Waals surface area contributed by atoms with E-state index >= 15 is 0 Å². The number of carboxylic acids is 1. The van der Waals surface area contributed by atoms with Gasteiger partial charge in [0.1, 0.15) is 6.54 Å². The Labute approximate surface area is 136 Å². The number of amides is 1. The van der Waals surface area contributed by atoms with Gasteiger partial charge in [-0.15, -0.1) is 0 Å². The molecule has 7 nitrogen and oxygen atoms in total. The van der Waals surface area contributed by atoms with Crippen LogP contribution in [-0.2, 0) is 9.59 Å². The van der Waals surface area contributed by atoms with Crippen LogP contribution in [0.5, 0.6) is 5.88 Å². The number of carboxylic acid groups (broad SMARTS) is 1. The van der Waals surface area contributed by atoms with Crippen molar-refractivity contribution in [2.75, 3.05) is 18.6 Å². The fourth-order valence-corrected chi connectivity index (χ4v) is 2.79. The molecule has 8 heteroatoms. The van der Waals surface area contributed by atoms with E-state index in [1.54, 1.807) is 19.1 Å². The topological polar surface area (TPSA) is 92.6 Å². The Balaban J connectivity index is 2.35. The van der Waals surface area contributed by atoms with Gasteiger partial charge in [0.25, 0.3) is 0 Å². The molecule has 24 heavy (non-hydrogen) atoms. The third kappa shape index (κ3) is 2.45. The summed E-state index contributed by atoms with van der Waals surface area (Å²) >= 11 is 0. The fraction of sp³-hybridized carbons (Fsp3) is 0.250. The van der Waals surface area contributed by atoms with Crippen molar-refractivity contribution in [3.05, 3.63) is 36.0 Å². The van der Waals surface area contributed by atoms with Crippen LogP contribution in [0.1, 0.15) is 18.5 Å². The standard InChI is InChI=1S/C16H14FN3O4/c1-8-14-9(4-3-5-18-14)13-10(6-11(24-2)19-15(13)17)20(16(8)23)7-12(21)22/h3-6,8H,7H2,1-2H3,(H,21,22)/t8-/m0/s1. The molecule has 2 aromatic rings. The molecule has 0 unspecified atom stereocenters. The third-order valence-corrected chi connectivity index (χ3v) is 3.88. The number of anilines is 1. The summed E-state index contributed by atoms with van der Waals surface area (Å²) in [5.74, 6) is -3.32. The Hall–Kier alpha value is -3.03. The normalized spacial score (nSPS) is 16.2. The number of halogens is 1. The van der Waals surface area contributed by atoms with E-state index in [0.29, 0.717) is 11.3 Å². The van der Waals surface area contributed by atoms with Crippen molar-refractivity contribution in [1.29, 1.82) is 0 Å². The van der Waals surface area contributed by atoms with Crippen molar-refractivity contribution in [2.24, 2.45) is 0 Å². The van der Waals surface area contributed by atoms with Crippen molar-refractivity contribution >= 4 is 17.6 Å². The highest BCUT2D eigenvalue weighted by molar-refractivity contribution is 6.06. The van der Waals surface area contributed by atoms with Crippen LogP contribution in [0.15, 0.2) is 24.4 Å². The number of aromatic nitrogens is 2. The highest BCUT2D eigenvalue weighted by atomic mass is 19.1. The van der Waals surface area contributed by atoms with Crippen LogP contribution in [0.2, 0.25) is 0 Å². The van der Waals surface area contributed by atoms with Gasteiger partial charge in [-0.3, -0.25) is 19.5 Å². The Morgan fingerprint density at radius 3 is 2.92 bits per heavy atom. The number of hydrogen-bond donors (Lipinski definition) is 1. The number of fused-ring (bicyclic) bond motifs is 3. The zero-order chi connectivity index (χ0) is 17.4. The van der Waals surface area contributed by atoms with Crippen LogP contribution in [0, 0.1) is 5.95 Å². The van der Waals surface area contributed by atoms with Gasteiger partial charge in [-0.25, -0.2) is 0 Å². The number of carbonyl (C=O) groups excluding carboxylic acids is 1. The second-order valence-electron chi connectivity index (χ2n) is 5.33. The predicted molar refractivity (Wildman–Crippen MR) is 82.4 cm³/mol. The molecule has 1 aliphatic heterocycles.